The van der Waals surface area contributed by atoms with Crippen LogP contribution in [-0.2, 0) is 0 Å². The zero-order valence-corrected chi connectivity index (χ0v) is 12.1. The zero-order chi connectivity index (χ0) is 9.57. The molecule has 0 aromatic carbocycles. The van der Waals surface area contributed by atoms with E-state index in [0.717, 1.165) is 0 Å². The van der Waals surface area contributed by atoms with Gasteiger partial charge in [-0.2, -0.15) is 0 Å². The third-order valence-corrected chi connectivity index (χ3v) is 10.1. The number of rotatable bonds is 0. The SMILES string of the molecule is CC(C)(C)N1[SiH2]N(C(C)(C)C)[SiH2]1. The molecule has 0 aromatic rings. The first-order valence-corrected chi connectivity index (χ1v) is 7.24. The molecule has 0 aromatic heterocycles. The van der Waals surface area contributed by atoms with Gasteiger partial charge >= 0.3 is 0 Å². The van der Waals surface area contributed by atoms with E-state index in [0.29, 0.717) is 11.1 Å². The van der Waals surface area contributed by atoms with Gasteiger partial charge in [0.2, 0.25) is 0 Å². The van der Waals surface area contributed by atoms with E-state index in [1.807, 2.05) is 0 Å². The Balaban J connectivity index is 2.39. The summed E-state index contributed by atoms with van der Waals surface area (Å²) in [6, 6.07) is 0. The van der Waals surface area contributed by atoms with Gasteiger partial charge in [0.05, 0.1) is 0 Å². The van der Waals surface area contributed by atoms with Crippen LogP contribution in [0.1, 0.15) is 41.5 Å². The normalized spacial score (nSPS) is 26.5. The monoisotopic (exact) mass is 202 g/mol. The Hall–Kier alpha value is 0.354. The molecule has 0 spiro atoms. The number of nitrogens with zero attached hydrogens (tertiary/aromatic N) is 2. The summed E-state index contributed by atoms with van der Waals surface area (Å²) in [5.41, 5.74) is 0.917. The second-order valence-corrected chi connectivity index (χ2v) is 11.1. The van der Waals surface area contributed by atoms with Crippen molar-refractivity contribution in [3.8, 4) is 0 Å². The molecule has 72 valence electrons. The van der Waals surface area contributed by atoms with Crippen molar-refractivity contribution in [2.24, 2.45) is 0 Å². The molecule has 1 aliphatic heterocycles. The van der Waals surface area contributed by atoms with E-state index < -0.39 is 0 Å². The Labute approximate surface area is 81.3 Å². The van der Waals surface area contributed by atoms with Gasteiger partial charge in [-0.1, -0.05) is 0 Å². The smallest absolute Gasteiger partial charge is 0.161 e. The van der Waals surface area contributed by atoms with Crippen molar-refractivity contribution in [1.82, 2.24) is 8.46 Å². The zero-order valence-electron chi connectivity index (χ0n) is 9.31. The molecular weight excluding hydrogens is 180 g/mol. The van der Waals surface area contributed by atoms with Crippen LogP contribution in [0.3, 0.4) is 0 Å². The van der Waals surface area contributed by atoms with E-state index in [9.17, 15) is 0 Å². The molecule has 1 aliphatic rings. The summed E-state index contributed by atoms with van der Waals surface area (Å²) in [5, 5.41) is 0. The summed E-state index contributed by atoms with van der Waals surface area (Å²) in [5.74, 6) is 0. The van der Waals surface area contributed by atoms with Crippen LogP contribution in [-0.4, -0.2) is 39.2 Å². The van der Waals surface area contributed by atoms with Gasteiger partial charge in [-0.05, 0) is 41.5 Å². The van der Waals surface area contributed by atoms with Crippen LogP contribution in [0.15, 0.2) is 0 Å². The lowest BCUT2D eigenvalue weighted by Crippen LogP contribution is -2.71. The van der Waals surface area contributed by atoms with Gasteiger partial charge in [-0.3, -0.25) is 0 Å². The van der Waals surface area contributed by atoms with Gasteiger partial charge in [0.25, 0.3) is 0 Å². The topological polar surface area (TPSA) is 6.48 Å². The predicted octanol–water partition coefficient (Wildman–Crippen LogP) is 0.199. The number of hydrogen-bond acceptors (Lipinski definition) is 2. The van der Waals surface area contributed by atoms with E-state index in [-0.39, 0.29) is 19.7 Å². The van der Waals surface area contributed by atoms with Crippen molar-refractivity contribution in [1.29, 1.82) is 0 Å². The molecule has 0 saturated carbocycles. The van der Waals surface area contributed by atoms with Gasteiger partial charge in [-0.25, -0.2) is 0 Å². The van der Waals surface area contributed by atoms with Gasteiger partial charge < -0.3 is 8.46 Å². The molecule has 2 nitrogen and oxygen atoms in total. The standard InChI is InChI=1S/C8H22N2Si2/c1-7(2,3)9-11-10(12-9)8(4,5)6/h11-12H2,1-6H3. The second-order valence-electron chi connectivity index (χ2n) is 5.70. The summed E-state index contributed by atoms with van der Waals surface area (Å²) in [7, 11) is -0.0941. The maximum Gasteiger partial charge on any atom is 0.161 e. The van der Waals surface area contributed by atoms with Crippen LogP contribution in [0.5, 0.6) is 0 Å². The highest BCUT2D eigenvalue weighted by atomic mass is 28.4. The molecule has 0 aliphatic carbocycles. The van der Waals surface area contributed by atoms with E-state index in [1.165, 1.54) is 0 Å². The summed E-state index contributed by atoms with van der Waals surface area (Å²) >= 11 is 0. The summed E-state index contributed by atoms with van der Waals surface area (Å²) in [6.07, 6.45) is 0. The largest absolute Gasteiger partial charge is 0.327 e. The van der Waals surface area contributed by atoms with Crippen molar-refractivity contribution >= 4 is 19.7 Å². The summed E-state index contributed by atoms with van der Waals surface area (Å²) < 4.78 is 5.52. The lowest BCUT2D eigenvalue weighted by molar-refractivity contribution is 0.249. The molecule has 12 heavy (non-hydrogen) atoms. The average molecular weight is 202 g/mol. The lowest BCUT2D eigenvalue weighted by atomic mass is 10.1. The Morgan fingerprint density at radius 1 is 0.667 bits per heavy atom. The third-order valence-electron chi connectivity index (χ3n) is 2.58. The van der Waals surface area contributed by atoms with Crippen molar-refractivity contribution < 1.29 is 0 Å². The minimum Gasteiger partial charge on any atom is -0.327 e. The fraction of sp³-hybridized carbons (Fsp3) is 1.00. The molecule has 1 saturated heterocycles. The molecule has 0 N–H and O–H groups in total. The predicted molar refractivity (Wildman–Crippen MR) is 60.3 cm³/mol. The molecule has 0 amide bonds. The first-order valence-electron chi connectivity index (χ1n) is 4.71. The van der Waals surface area contributed by atoms with Gasteiger partial charge in [0.1, 0.15) is 0 Å². The van der Waals surface area contributed by atoms with E-state index in [4.69, 9.17) is 0 Å². The van der Waals surface area contributed by atoms with Gasteiger partial charge in [-0.15, -0.1) is 0 Å². The highest BCUT2D eigenvalue weighted by molar-refractivity contribution is 6.65. The highest BCUT2D eigenvalue weighted by Crippen LogP contribution is 2.23. The average Bonchev–Trinajstić information content (AvgIpc) is 1.46. The maximum atomic E-state index is 2.76. The second kappa shape index (κ2) is 2.94. The fourth-order valence-corrected chi connectivity index (χ4v) is 5.46. The Morgan fingerprint density at radius 3 is 1.08 bits per heavy atom. The van der Waals surface area contributed by atoms with Crippen molar-refractivity contribution in [3.63, 3.8) is 0 Å². The Morgan fingerprint density at radius 2 is 0.917 bits per heavy atom. The minimum atomic E-state index is -0.0471. The van der Waals surface area contributed by atoms with Gasteiger partial charge in [0, 0.05) is 11.1 Å². The Kier molecular flexibility index (Phi) is 2.55. The van der Waals surface area contributed by atoms with Crippen LogP contribution in [0.2, 0.25) is 0 Å². The lowest BCUT2D eigenvalue weighted by Gasteiger charge is -2.55. The molecule has 1 rings (SSSR count). The fourth-order valence-electron chi connectivity index (χ4n) is 1.22. The maximum absolute atomic E-state index is 2.76. The van der Waals surface area contributed by atoms with Crippen LogP contribution < -0.4 is 0 Å². The van der Waals surface area contributed by atoms with Crippen LogP contribution in [0, 0.1) is 0 Å². The molecule has 0 bridgehead atoms. The minimum absolute atomic E-state index is 0.0471. The summed E-state index contributed by atoms with van der Waals surface area (Å²) in [4.78, 5) is 0. The van der Waals surface area contributed by atoms with Crippen LogP contribution in [0.4, 0.5) is 0 Å². The van der Waals surface area contributed by atoms with Crippen LogP contribution >= 0.6 is 0 Å². The third kappa shape index (κ3) is 2.19. The first kappa shape index (κ1) is 10.4. The van der Waals surface area contributed by atoms with E-state index >= 15 is 0 Å². The van der Waals surface area contributed by atoms with E-state index in [1.54, 1.807) is 0 Å². The van der Waals surface area contributed by atoms with Crippen LogP contribution in [0.25, 0.3) is 0 Å². The molecular formula is C8H22N2Si2. The summed E-state index contributed by atoms with van der Waals surface area (Å²) in [6.45, 7) is 14.0. The molecule has 0 atom stereocenters. The molecule has 0 radical (unpaired) electrons. The molecule has 4 heteroatoms. The molecule has 0 unspecified atom stereocenters. The van der Waals surface area contributed by atoms with Crippen molar-refractivity contribution in [2.75, 3.05) is 0 Å². The number of hydrogen-bond donors (Lipinski definition) is 0. The van der Waals surface area contributed by atoms with E-state index in [2.05, 4.69) is 50.0 Å². The molecule has 1 fully saturated rings. The quantitative estimate of drug-likeness (QED) is 0.518. The highest BCUT2D eigenvalue weighted by Gasteiger charge is 2.38. The van der Waals surface area contributed by atoms with Crippen molar-refractivity contribution in [3.05, 3.63) is 0 Å². The Bertz CT molecular complexity index is 145. The van der Waals surface area contributed by atoms with Crippen molar-refractivity contribution in [2.45, 2.75) is 52.6 Å². The molecule has 1 heterocycles. The first-order chi connectivity index (χ1) is 5.21. The van der Waals surface area contributed by atoms with Gasteiger partial charge in [0.15, 0.2) is 19.7 Å².